The highest BCUT2D eigenvalue weighted by atomic mass is 19.1. The Morgan fingerprint density at radius 1 is 1.12 bits per heavy atom. The molecule has 0 aliphatic rings. The van der Waals surface area contributed by atoms with E-state index in [1.54, 1.807) is 48.9 Å². The number of benzene rings is 1. The van der Waals surface area contributed by atoms with Crippen LogP contribution in [0.4, 0.5) is 10.1 Å². The van der Waals surface area contributed by atoms with Gasteiger partial charge in [-0.25, -0.2) is 9.37 Å². The van der Waals surface area contributed by atoms with E-state index in [1.807, 2.05) is 0 Å². The molecule has 1 amide bonds. The molecule has 0 unspecified atom stereocenters. The van der Waals surface area contributed by atoms with Gasteiger partial charge in [0.2, 0.25) is 0 Å². The maximum absolute atomic E-state index is 12.8. The largest absolute Gasteiger partial charge is 0.467 e. The number of rotatable bonds is 7. The third kappa shape index (κ3) is 4.91. The van der Waals surface area contributed by atoms with Crippen LogP contribution in [-0.2, 0) is 13.0 Å². The van der Waals surface area contributed by atoms with E-state index >= 15 is 0 Å². The second kappa shape index (κ2) is 8.10. The van der Waals surface area contributed by atoms with Gasteiger partial charge in [0, 0.05) is 6.54 Å². The Labute approximate surface area is 144 Å². The minimum Gasteiger partial charge on any atom is -0.467 e. The maximum Gasteiger partial charge on any atom is 0.270 e. The van der Waals surface area contributed by atoms with E-state index < -0.39 is 0 Å². The molecule has 0 atom stereocenters. The molecule has 128 valence electrons. The summed E-state index contributed by atoms with van der Waals surface area (Å²) in [6.07, 6.45) is 3.95. The van der Waals surface area contributed by atoms with Gasteiger partial charge < -0.3 is 15.1 Å². The molecule has 0 aliphatic carbocycles. The molecule has 2 N–H and O–H groups in total. The first kappa shape index (κ1) is 16.7. The van der Waals surface area contributed by atoms with Crippen molar-refractivity contribution in [1.29, 1.82) is 0 Å². The number of hydrogen-bond acceptors (Lipinski definition) is 4. The average Bonchev–Trinajstić information content (AvgIpc) is 3.15. The van der Waals surface area contributed by atoms with Gasteiger partial charge in [0.15, 0.2) is 0 Å². The van der Waals surface area contributed by atoms with Crippen molar-refractivity contribution in [2.75, 3.05) is 11.9 Å². The molecule has 0 radical (unpaired) electrons. The number of halogens is 1. The summed E-state index contributed by atoms with van der Waals surface area (Å²) in [5, 5.41) is 5.97. The average molecular weight is 339 g/mol. The quantitative estimate of drug-likeness (QED) is 0.692. The number of nitrogens with one attached hydrogen (secondary N) is 2. The second-order valence-corrected chi connectivity index (χ2v) is 5.50. The Morgan fingerprint density at radius 3 is 2.64 bits per heavy atom. The van der Waals surface area contributed by atoms with Crippen LogP contribution in [0.1, 0.15) is 21.8 Å². The molecule has 0 aliphatic heterocycles. The Hall–Kier alpha value is -3.15. The van der Waals surface area contributed by atoms with Crippen LogP contribution >= 0.6 is 0 Å². The lowest BCUT2D eigenvalue weighted by atomic mass is 10.1. The molecule has 0 saturated heterocycles. The molecule has 2 aromatic heterocycles. The summed E-state index contributed by atoms with van der Waals surface area (Å²) in [6, 6.07) is 13.5. The summed E-state index contributed by atoms with van der Waals surface area (Å²) in [6.45, 7) is 1.02. The lowest BCUT2D eigenvalue weighted by Crippen LogP contribution is -2.23. The first-order valence-corrected chi connectivity index (χ1v) is 7.96. The highest BCUT2D eigenvalue weighted by Crippen LogP contribution is 2.08. The van der Waals surface area contributed by atoms with Crippen molar-refractivity contribution in [3.8, 4) is 0 Å². The van der Waals surface area contributed by atoms with Crippen LogP contribution < -0.4 is 10.6 Å². The molecule has 5 nitrogen and oxygen atoms in total. The molecular weight excluding hydrogens is 321 g/mol. The van der Waals surface area contributed by atoms with E-state index in [9.17, 15) is 9.18 Å². The predicted octanol–water partition coefficient (Wildman–Crippen LogP) is 3.40. The number of aromatic nitrogens is 1. The predicted molar refractivity (Wildman–Crippen MR) is 92.7 cm³/mol. The molecular formula is C19H18FN3O2. The molecule has 0 saturated carbocycles. The zero-order valence-electron chi connectivity index (χ0n) is 13.5. The first-order chi connectivity index (χ1) is 12.2. The number of carbonyl (C=O) groups is 1. The van der Waals surface area contributed by atoms with Crippen molar-refractivity contribution >= 4 is 11.6 Å². The van der Waals surface area contributed by atoms with E-state index in [2.05, 4.69) is 15.6 Å². The van der Waals surface area contributed by atoms with Crippen molar-refractivity contribution in [3.05, 3.63) is 83.8 Å². The van der Waals surface area contributed by atoms with E-state index in [0.29, 0.717) is 24.5 Å². The second-order valence-electron chi connectivity index (χ2n) is 5.50. The zero-order chi connectivity index (χ0) is 17.5. The topological polar surface area (TPSA) is 67.2 Å². The minimum atomic E-state index is -0.255. The van der Waals surface area contributed by atoms with Gasteiger partial charge in [-0.1, -0.05) is 12.1 Å². The molecule has 1 aromatic carbocycles. The third-order valence-corrected chi connectivity index (χ3v) is 3.66. The van der Waals surface area contributed by atoms with Crippen molar-refractivity contribution in [2.24, 2.45) is 0 Å². The van der Waals surface area contributed by atoms with Crippen molar-refractivity contribution in [1.82, 2.24) is 10.3 Å². The van der Waals surface area contributed by atoms with Crippen LogP contribution in [0, 0.1) is 5.82 Å². The Kier molecular flexibility index (Phi) is 5.41. The Balaban J connectivity index is 1.46. The van der Waals surface area contributed by atoms with Gasteiger partial charge in [-0.05, 0) is 48.4 Å². The number of amides is 1. The van der Waals surface area contributed by atoms with Gasteiger partial charge >= 0.3 is 0 Å². The maximum atomic E-state index is 12.8. The highest BCUT2D eigenvalue weighted by Gasteiger charge is 2.07. The van der Waals surface area contributed by atoms with Crippen LogP contribution in [0.25, 0.3) is 0 Å². The third-order valence-electron chi connectivity index (χ3n) is 3.66. The number of pyridine rings is 1. The smallest absolute Gasteiger partial charge is 0.270 e. The fourth-order valence-corrected chi connectivity index (χ4v) is 2.31. The minimum absolute atomic E-state index is 0.234. The molecule has 0 fully saturated rings. The molecule has 3 aromatic rings. The zero-order valence-corrected chi connectivity index (χ0v) is 13.5. The van der Waals surface area contributed by atoms with E-state index in [4.69, 9.17) is 4.42 Å². The molecule has 0 spiro atoms. The van der Waals surface area contributed by atoms with Crippen molar-refractivity contribution in [3.63, 3.8) is 0 Å². The number of anilines is 1. The van der Waals surface area contributed by atoms with Gasteiger partial charge in [-0.15, -0.1) is 0 Å². The molecule has 2 heterocycles. The normalized spacial score (nSPS) is 10.4. The number of nitrogens with zero attached hydrogens (tertiary/aromatic N) is 1. The number of furan rings is 1. The van der Waals surface area contributed by atoms with E-state index in [-0.39, 0.29) is 11.7 Å². The Morgan fingerprint density at radius 2 is 1.96 bits per heavy atom. The standard InChI is InChI=1S/C19H18FN3O2/c20-15-5-3-14(4-6-15)9-10-21-16-7-8-18(22-12-16)19(24)23-13-17-2-1-11-25-17/h1-8,11-12,21H,9-10,13H2,(H,23,24). The van der Waals surface area contributed by atoms with Crippen LogP contribution in [0.5, 0.6) is 0 Å². The van der Waals surface area contributed by atoms with Crippen molar-refractivity contribution < 1.29 is 13.6 Å². The summed E-state index contributed by atoms with van der Waals surface area (Å²) in [7, 11) is 0. The van der Waals surface area contributed by atoms with Gasteiger partial charge in [-0.3, -0.25) is 4.79 Å². The van der Waals surface area contributed by atoms with Gasteiger partial charge in [0.1, 0.15) is 17.3 Å². The monoisotopic (exact) mass is 339 g/mol. The first-order valence-electron chi connectivity index (χ1n) is 7.96. The number of hydrogen-bond donors (Lipinski definition) is 2. The lowest BCUT2D eigenvalue weighted by Gasteiger charge is -2.07. The fourth-order valence-electron chi connectivity index (χ4n) is 2.31. The van der Waals surface area contributed by atoms with Crippen LogP contribution in [-0.4, -0.2) is 17.4 Å². The number of carbonyl (C=O) groups excluding carboxylic acids is 1. The summed E-state index contributed by atoms with van der Waals surface area (Å²) in [4.78, 5) is 16.2. The van der Waals surface area contributed by atoms with Crippen molar-refractivity contribution in [2.45, 2.75) is 13.0 Å². The summed E-state index contributed by atoms with van der Waals surface area (Å²) < 4.78 is 18.0. The highest BCUT2D eigenvalue weighted by molar-refractivity contribution is 5.92. The summed E-state index contributed by atoms with van der Waals surface area (Å²) in [5.41, 5.74) is 2.22. The van der Waals surface area contributed by atoms with Gasteiger partial charge in [0.25, 0.3) is 5.91 Å². The summed E-state index contributed by atoms with van der Waals surface area (Å²) >= 11 is 0. The molecule has 25 heavy (non-hydrogen) atoms. The van der Waals surface area contributed by atoms with Gasteiger partial charge in [-0.2, -0.15) is 0 Å². The van der Waals surface area contributed by atoms with Gasteiger partial charge in [0.05, 0.1) is 24.7 Å². The van der Waals surface area contributed by atoms with E-state index in [0.717, 1.165) is 17.7 Å². The van der Waals surface area contributed by atoms with Crippen LogP contribution in [0.15, 0.2) is 65.4 Å². The van der Waals surface area contributed by atoms with Crippen LogP contribution in [0.2, 0.25) is 0 Å². The SMILES string of the molecule is O=C(NCc1ccco1)c1ccc(NCCc2ccc(F)cc2)cn1. The fraction of sp³-hybridized carbons (Fsp3) is 0.158. The lowest BCUT2D eigenvalue weighted by molar-refractivity contribution is 0.0943. The summed E-state index contributed by atoms with van der Waals surface area (Å²) in [5.74, 6) is 0.198. The van der Waals surface area contributed by atoms with E-state index in [1.165, 1.54) is 12.1 Å². The molecule has 0 bridgehead atoms. The molecule has 3 rings (SSSR count). The molecule has 6 heteroatoms. The van der Waals surface area contributed by atoms with Crippen LogP contribution in [0.3, 0.4) is 0 Å². The Bertz CT molecular complexity index is 800.